The molecule has 0 radical (unpaired) electrons. The van der Waals surface area contributed by atoms with Crippen molar-refractivity contribution in [2.24, 2.45) is 0 Å². The molecule has 0 saturated carbocycles. The predicted octanol–water partition coefficient (Wildman–Crippen LogP) is 1.50. The number of ether oxygens (including phenoxy) is 1. The third kappa shape index (κ3) is 7.09. The molecule has 0 aromatic carbocycles. The molecule has 0 spiro atoms. The third-order valence-corrected chi connectivity index (χ3v) is 1.90. The fourth-order valence-corrected chi connectivity index (χ4v) is 1.08. The van der Waals surface area contributed by atoms with Gasteiger partial charge in [-0.1, -0.05) is 0 Å². The second-order valence-corrected chi connectivity index (χ2v) is 3.79. The maximum absolute atomic E-state index is 13.4. The van der Waals surface area contributed by atoms with Crippen molar-refractivity contribution in [1.82, 2.24) is 5.32 Å². The van der Waals surface area contributed by atoms with Gasteiger partial charge in [0.1, 0.15) is 5.67 Å². The van der Waals surface area contributed by atoms with Crippen LogP contribution in [0.4, 0.5) is 4.39 Å². The molecule has 0 saturated heterocycles. The summed E-state index contributed by atoms with van der Waals surface area (Å²) in [5.41, 5.74) is -1.51. The Hall–Kier alpha value is -0.350. The molecule has 0 aromatic heterocycles. The van der Waals surface area contributed by atoms with Crippen LogP contribution in [-0.2, 0) is 9.53 Å². The maximum atomic E-state index is 13.4. The highest BCUT2D eigenvalue weighted by Gasteiger charge is 2.23. The lowest BCUT2D eigenvalue weighted by Crippen LogP contribution is -2.40. The number of carbonyl (C=O) groups excluding carboxylic acids is 1. The molecule has 1 atom stereocenters. The van der Waals surface area contributed by atoms with Crippen LogP contribution in [0.5, 0.6) is 0 Å². The van der Waals surface area contributed by atoms with Gasteiger partial charge in [0.15, 0.2) is 0 Å². The summed E-state index contributed by atoms with van der Waals surface area (Å²) < 4.78 is 18.1. The first-order valence-corrected chi connectivity index (χ1v) is 5.06. The van der Waals surface area contributed by atoms with E-state index in [9.17, 15) is 9.18 Å². The van der Waals surface area contributed by atoms with Gasteiger partial charge in [0.05, 0.1) is 13.2 Å². The van der Waals surface area contributed by atoms with Gasteiger partial charge in [0.25, 0.3) is 0 Å². The highest BCUT2D eigenvalue weighted by atomic mass is 35.5. The Kier molecular flexibility index (Phi) is 6.83. The summed E-state index contributed by atoms with van der Waals surface area (Å²) in [6.07, 6.45) is 0.952. The Morgan fingerprint density at radius 2 is 2.29 bits per heavy atom. The van der Waals surface area contributed by atoms with Crippen LogP contribution in [0.1, 0.15) is 19.8 Å². The van der Waals surface area contributed by atoms with Crippen molar-refractivity contribution in [3.63, 3.8) is 0 Å². The molecule has 0 aliphatic rings. The minimum Gasteiger partial charge on any atom is -0.381 e. The average Bonchev–Trinajstić information content (AvgIpc) is 2.11. The molecule has 0 aromatic rings. The van der Waals surface area contributed by atoms with Crippen molar-refractivity contribution in [1.29, 1.82) is 0 Å². The number of rotatable bonds is 7. The van der Waals surface area contributed by atoms with Gasteiger partial charge >= 0.3 is 0 Å². The van der Waals surface area contributed by atoms with Gasteiger partial charge in [-0.2, -0.15) is 0 Å². The first kappa shape index (κ1) is 13.7. The fraction of sp³-hybridized carbons (Fsp3) is 0.889. The van der Waals surface area contributed by atoms with Crippen molar-refractivity contribution in [2.75, 3.05) is 26.1 Å². The zero-order valence-electron chi connectivity index (χ0n) is 8.61. The molecular weight excluding hydrogens is 209 g/mol. The molecule has 84 valence electrons. The van der Waals surface area contributed by atoms with E-state index < -0.39 is 5.67 Å². The van der Waals surface area contributed by atoms with Gasteiger partial charge < -0.3 is 10.1 Å². The first-order chi connectivity index (χ1) is 6.52. The summed E-state index contributed by atoms with van der Waals surface area (Å²) in [4.78, 5) is 11.1. The van der Waals surface area contributed by atoms with Crippen LogP contribution in [0.2, 0.25) is 0 Å². The van der Waals surface area contributed by atoms with Gasteiger partial charge in [0, 0.05) is 19.4 Å². The molecule has 1 amide bonds. The van der Waals surface area contributed by atoms with Crippen LogP contribution < -0.4 is 5.32 Å². The monoisotopic (exact) mass is 225 g/mol. The SMILES string of the molecule is COCC(C)(F)CNC(=O)CCCCl. The smallest absolute Gasteiger partial charge is 0.220 e. The van der Waals surface area contributed by atoms with E-state index in [1.54, 1.807) is 0 Å². The van der Waals surface area contributed by atoms with E-state index in [1.165, 1.54) is 14.0 Å². The normalized spacial score (nSPS) is 14.9. The second-order valence-electron chi connectivity index (χ2n) is 3.42. The van der Waals surface area contributed by atoms with Crippen LogP contribution >= 0.6 is 11.6 Å². The summed E-state index contributed by atoms with van der Waals surface area (Å²) in [5, 5.41) is 2.49. The number of hydrogen-bond acceptors (Lipinski definition) is 2. The van der Waals surface area contributed by atoms with Crippen LogP contribution in [0.25, 0.3) is 0 Å². The number of amides is 1. The van der Waals surface area contributed by atoms with Gasteiger partial charge in [0.2, 0.25) is 5.91 Å². The van der Waals surface area contributed by atoms with Crippen molar-refractivity contribution >= 4 is 17.5 Å². The lowest BCUT2D eigenvalue weighted by molar-refractivity contribution is -0.121. The molecule has 5 heteroatoms. The minimum atomic E-state index is -1.51. The molecule has 0 fully saturated rings. The molecule has 0 aliphatic carbocycles. The Bertz CT molecular complexity index is 176. The van der Waals surface area contributed by atoms with Crippen LogP contribution in [0, 0.1) is 0 Å². The van der Waals surface area contributed by atoms with Gasteiger partial charge in [-0.25, -0.2) is 4.39 Å². The van der Waals surface area contributed by atoms with E-state index in [1.807, 2.05) is 0 Å². The number of hydrogen-bond donors (Lipinski definition) is 1. The molecular formula is C9H17ClFNO2. The van der Waals surface area contributed by atoms with E-state index in [2.05, 4.69) is 10.1 Å². The molecule has 0 aliphatic heterocycles. The first-order valence-electron chi connectivity index (χ1n) is 4.52. The lowest BCUT2D eigenvalue weighted by Gasteiger charge is -2.19. The number of carbonyl (C=O) groups is 1. The quantitative estimate of drug-likeness (QED) is 0.667. The van der Waals surface area contributed by atoms with Crippen LogP contribution in [-0.4, -0.2) is 37.7 Å². The Morgan fingerprint density at radius 1 is 1.64 bits per heavy atom. The van der Waals surface area contributed by atoms with Crippen molar-refractivity contribution < 1.29 is 13.9 Å². The predicted molar refractivity (Wildman–Crippen MR) is 54.4 cm³/mol. The van der Waals surface area contributed by atoms with Crippen molar-refractivity contribution in [3.8, 4) is 0 Å². The zero-order chi connectivity index (χ0) is 11.0. The summed E-state index contributed by atoms with van der Waals surface area (Å²) in [7, 11) is 1.42. The molecule has 1 unspecified atom stereocenters. The molecule has 1 N–H and O–H groups in total. The van der Waals surface area contributed by atoms with Crippen molar-refractivity contribution in [3.05, 3.63) is 0 Å². The summed E-state index contributed by atoms with van der Waals surface area (Å²) in [6.45, 7) is 1.34. The Balaban J connectivity index is 3.64. The topological polar surface area (TPSA) is 38.3 Å². The number of alkyl halides is 2. The van der Waals surface area contributed by atoms with E-state index in [0.29, 0.717) is 18.7 Å². The fourth-order valence-electron chi connectivity index (χ4n) is 0.951. The molecule has 3 nitrogen and oxygen atoms in total. The highest BCUT2D eigenvalue weighted by Crippen LogP contribution is 2.08. The van der Waals surface area contributed by atoms with Crippen molar-refractivity contribution in [2.45, 2.75) is 25.4 Å². The van der Waals surface area contributed by atoms with Crippen LogP contribution in [0.15, 0.2) is 0 Å². The zero-order valence-corrected chi connectivity index (χ0v) is 9.36. The van der Waals surface area contributed by atoms with E-state index >= 15 is 0 Å². The van der Waals surface area contributed by atoms with E-state index in [4.69, 9.17) is 11.6 Å². The third-order valence-electron chi connectivity index (χ3n) is 1.64. The summed E-state index contributed by atoms with van der Waals surface area (Å²) in [6, 6.07) is 0. The Morgan fingerprint density at radius 3 is 2.79 bits per heavy atom. The number of halogens is 2. The second kappa shape index (κ2) is 7.01. The highest BCUT2D eigenvalue weighted by molar-refractivity contribution is 6.17. The van der Waals surface area contributed by atoms with E-state index in [-0.39, 0.29) is 19.1 Å². The largest absolute Gasteiger partial charge is 0.381 e. The van der Waals surface area contributed by atoms with Crippen LogP contribution in [0.3, 0.4) is 0 Å². The molecule has 14 heavy (non-hydrogen) atoms. The average molecular weight is 226 g/mol. The minimum absolute atomic E-state index is 0.0250. The number of nitrogens with one attached hydrogen (secondary N) is 1. The standard InChI is InChI=1S/C9H17ClFNO2/c1-9(11,7-14-2)6-12-8(13)4-3-5-10/h3-7H2,1-2H3,(H,12,13). The molecule has 0 bridgehead atoms. The Labute approximate surface area is 89.0 Å². The maximum Gasteiger partial charge on any atom is 0.220 e. The lowest BCUT2D eigenvalue weighted by atomic mass is 10.1. The van der Waals surface area contributed by atoms with Gasteiger partial charge in [-0.05, 0) is 13.3 Å². The van der Waals surface area contributed by atoms with Gasteiger partial charge in [-0.3, -0.25) is 4.79 Å². The summed E-state index contributed by atoms with van der Waals surface area (Å²) >= 11 is 5.41. The van der Waals surface area contributed by atoms with E-state index in [0.717, 1.165) is 0 Å². The summed E-state index contributed by atoms with van der Waals surface area (Å²) in [5.74, 6) is 0.267. The van der Waals surface area contributed by atoms with Gasteiger partial charge in [-0.15, -0.1) is 11.6 Å². The molecule has 0 heterocycles. The number of methoxy groups -OCH3 is 1. The molecule has 0 rings (SSSR count).